The minimum absolute atomic E-state index is 0.277. The van der Waals surface area contributed by atoms with Crippen LogP contribution in [0.15, 0.2) is 84.9 Å². The number of anilines is 1. The molecule has 0 bridgehead atoms. The molecule has 1 amide bonds. The van der Waals surface area contributed by atoms with E-state index in [0.717, 1.165) is 16.6 Å². The zero-order chi connectivity index (χ0) is 18.6. The standard InChI is InChI=1S/C22H16FN3O/c23-16-12-10-15(11-13-16)21-14-19(18-8-4-5-9-20(18)24-21)22(27)26-25-17-6-2-1-3-7-17/h1-14,25H,(H,26,27). The van der Waals surface area contributed by atoms with Gasteiger partial charge in [-0.15, -0.1) is 0 Å². The van der Waals surface area contributed by atoms with Crippen molar-refractivity contribution in [3.63, 3.8) is 0 Å². The number of pyridine rings is 1. The second-order valence-corrected chi connectivity index (χ2v) is 6.02. The number of nitrogens with one attached hydrogen (secondary N) is 2. The number of amides is 1. The summed E-state index contributed by atoms with van der Waals surface area (Å²) in [6.45, 7) is 0. The van der Waals surface area contributed by atoms with Crippen LogP contribution >= 0.6 is 0 Å². The van der Waals surface area contributed by atoms with Crippen LogP contribution in [0.4, 0.5) is 10.1 Å². The van der Waals surface area contributed by atoms with E-state index in [1.165, 1.54) is 12.1 Å². The van der Waals surface area contributed by atoms with Crippen LogP contribution in [0, 0.1) is 5.82 Å². The van der Waals surface area contributed by atoms with Gasteiger partial charge in [0.05, 0.1) is 22.5 Å². The van der Waals surface area contributed by atoms with Crippen molar-refractivity contribution in [2.75, 3.05) is 5.43 Å². The van der Waals surface area contributed by atoms with E-state index in [2.05, 4.69) is 15.8 Å². The van der Waals surface area contributed by atoms with Crippen molar-refractivity contribution in [3.05, 3.63) is 96.3 Å². The number of para-hydroxylation sites is 2. The van der Waals surface area contributed by atoms with Crippen LogP contribution in [-0.4, -0.2) is 10.9 Å². The van der Waals surface area contributed by atoms with Gasteiger partial charge >= 0.3 is 0 Å². The first-order valence-corrected chi connectivity index (χ1v) is 8.48. The summed E-state index contributed by atoms with van der Waals surface area (Å²) in [5.74, 6) is -0.592. The van der Waals surface area contributed by atoms with Crippen LogP contribution in [0.1, 0.15) is 10.4 Å². The largest absolute Gasteiger partial charge is 0.298 e. The normalized spacial score (nSPS) is 10.6. The van der Waals surface area contributed by atoms with Crippen LogP contribution in [0.25, 0.3) is 22.2 Å². The minimum atomic E-state index is -0.315. The van der Waals surface area contributed by atoms with Crippen molar-refractivity contribution in [2.45, 2.75) is 0 Å². The second kappa shape index (κ2) is 7.25. The van der Waals surface area contributed by atoms with E-state index < -0.39 is 0 Å². The van der Waals surface area contributed by atoms with E-state index in [0.29, 0.717) is 16.8 Å². The van der Waals surface area contributed by atoms with E-state index >= 15 is 0 Å². The number of halogens is 1. The van der Waals surface area contributed by atoms with E-state index in [-0.39, 0.29) is 11.7 Å². The molecule has 27 heavy (non-hydrogen) atoms. The first-order valence-electron chi connectivity index (χ1n) is 8.48. The van der Waals surface area contributed by atoms with Gasteiger partial charge in [-0.05, 0) is 48.5 Å². The Hall–Kier alpha value is -3.73. The SMILES string of the molecule is O=C(NNc1ccccc1)c1cc(-c2ccc(F)cc2)nc2ccccc12. The average molecular weight is 357 g/mol. The zero-order valence-corrected chi connectivity index (χ0v) is 14.3. The number of rotatable bonds is 4. The highest BCUT2D eigenvalue weighted by Crippen LogP contribution is 2.25. The molecule has 0 unspecified atom stereocenters. The zero-order valence-electron chi connectivity index (χ0n) is 14.3. The molecule has 3 aromatic carbocycles. The summed E-state index contributed by atoms with van der Waals surface area (Å²) in [5.41, 5.74) is 8.94. The molecule has 4 aromatic rings. The number of carbonyl (C=O) groups excluding carboxylic acids is 1. The molecule has 2 N–H and O–H groups in total. The number of aromatic nitrogens is 1. The second-order valence-electron chi connectivity index (χ2n) is 6.02. The van der Waals surface area contributed by atoms with Gasteiger partial charge in [0, 0.05) is 10.9 Å². The Morgan fingerprint density at radius 3 is 2.33 bits per heavy atom. The van der Waals surface area contributed by atoms with E-state index in [1.54, 1.807) is 18.2 Å². The molecule has 0 radical (unpaired) electrons. The van der Waals surface area contributed by atoms with E-state index in [4.69, 9.17) is 0 Å². The molecule has 1 heterocycles. The Kier molecular flexibility index (Phi) is 4.49. The fourth-order valence-electron chi connectivity index (χ4n) is 2.85. The topological polar surface area (TPSA) is 54.0 Å². The van der Waals surface area contributed by atoms with Crippen molar-refractivity contribution in [1.29, 1.82) is 0 Å². The number of fused-ring (bicyclic) bond motifs is 1. The molecule has 0 saturated carbocycles. The Bertz CT molecular complexity index is 1100. The van der Waals surface area contributed by atoms with Crippen LogP contribution in [0.3, 0.4) is 0 Å². The summed E-state index contributed by atoms with van der Waals surface area (Å²) in [6.07, 6.45) is 0. The van der Waals surface area contributed by atoms with E-state index in [1.807, 2.05) is 54.6 Å². The number of hydrazine groups is 1. The molecule has 1 aromatic heterocycles. The van der Waals surface area contributed by atoms with Gasteiger partial charge in [0.2, 0.25) is 0 Å². The van der Waals surface area contributed by atoms with Crippen LogP contribution in [-0.2, 0) is 0 Å². The maximum Gasteiger partial charge on any atom is 0.270 e. The Morgan fingerprint density at radius 1 is 0.852 bits per heavy atom. The Labute approximate surface area is 155 Å². The smallest absolute Gasteiger partial charge is 0.270 e. The van der Waals surface area contributed by atoms with E-state index in [9.17, 15) is 9.18 Å². The molecule has 0 atom stereocenters. The van der Waals surface area contributed by atoms with Crippen molar-refractivity contribution >= 4 is 22.5 Å². The number of hydrogen-bond acceptors (Lipinski definition) is 3. The summed E-state index contributed by atoms with van der Waals surface area (Å²) in [7, 11) is 0. The lowest BCUT2D eigenvalue weighted by Crippen LogP contribution is -2.29. The van der Waals surface area contributed by atoms with Crippen molar-refractivity contribution in [2.24, 2.45) is 0 Å². The number of hydrogen-bond donors (Lipinski definition) is 2. The lowest BCUT2D eigenvalue weighted by Gasteiger charge is -2.12. The van der Waals surface area contributed by atoms with Gasteiger partial charge in [0.15, 0.2) is 0 Å². The van der Waals surface area contributed by atoms with Crippen LogP contribution < -0.4 is 10.9 Å². The first-order chi connectivity index (χ1) is 13.2. The Morgan fingerprint density at radius 2 is 1.56 bits per heavy atom. The highest BCUT2D eigenvalue weighted by atomic mass is 19.1. The van der Waals surface area contributed by atoms with Gasteiger partial charge in [-0.2, -0.15) is 0 Å². The lowest BCUT2D eigenvalue weighted by molar-refractivity contribution is 0.0964. The summed E-state index contributed by atoms with van der Waals surface area (Å²) < 4.78 is 13.2. The predicted octanol–water partition coefficient (Wildman–Crippen LogP) is 4.80. The molecule has 0 saturated heterocycles. The van der Waals surface area contributed by atoms with Crippen molar-refractivity contribution in [3.8, 4) is 11.3 Å². The first kappa shape index (κ1) is 16.7. The number of nitrogens with zero attached hydrogens (tertiary/aromatic N) is 1. The molecule has 0 spiro atoms. The molecular formula is C22H16FN3O. The number of benzene rings is 3. The summed E-state index contributed by atoms with van der Waals surface area (Å²) in [5, 5.41) is 0.746. The minimum Gasteiger partial charge on any atom is -0.298 e. The van der Waals surface area contributed by atoms with Gasteiger partial charge in [-0.1, -0.05) is 36.4 Å². The molecule has 132 valence electrons. The van der Waals surface area contributed by atoms with Gasteiger partial charge in [-0.25, -0.2) is 9.37 Å². The third-order valence-electron chi connectivity index (χ3n) is 4.19. The molecule has 5 heteroatoms. The van der Waals surface area contributed by atoms with Gasteiger partial charge in [0.25, 0.3) is 5.91 Å². The highest BCUT2D eigenvalue weighted by molar-refractivity contribution is 6.07. The van der Waals surface area contributed by atoms with Crippen LogP contribution in [0.2, 0.25) is 0 Å². The third-order valence-corrected chi connectivity index (χ3v) is 4.19. The summed E-state index contributed by atoms with van der Waals surface area (Å²) in [4.78, 5) is 17.4. The molecule has 0 fully saturated rings. The maximum absolute atomic E-state index is 13.2. The van der Waals surface area contributed by atoms with Crippen molar-refractivity contribution in [1.82, 2.24) is 10.4 Å². The van der Waals surface area contributed by atoms with Gasteiger partial charge in [0.1, 0.15) is 5.82 Å². The quantitative estimate of drug-likeness (QED) is 0.516. The monoisotopic (exact) mass is 357 g/mol. The Balaban J connectivity index is 1.72. The van der Waals surface area contributed by atoms with Crippen LogP contribution in [0.5, 0.6) is 0 Å². The van der Waals surface area contributed by atoms with Crippen molar-refractivity contribution < 1.29 is 9.18 Å². The van der Waals surface area contributed by atoms with Gasteiger partial charge in [-0.3, -0.25) is 15.6 Å². The van der Waals surface area contributed by atoms with Gasteiger partial charge < -0.3 is 0 Å². The summed E-state index contributed by atoms with van der Waals surface area (Å²) in [6, 6.07) is 24.6. The fraction of sp³-hybridized carbons (Fsp3) is 0. The average Bonchev–Trinajstić information content (AvgIpc) is 2.72. The predicted molar refractivity (Wildman–Crippen MR) is 105 cm³/mol. The summed E-state index contributed by atoms with van der Waals surface area (Å²) >= 11 is 0. The maximum atomic E-state index is 13.2. The third kappa shape index (κ3) is 3.62. The molecule has 0 aliphatic rings. The molecule has 0 aliphatic carbocycles. The molecule has 4 rings (SSSR count). The highest BCUT2D eigenvalue weighted by Gasteiger charge is 2.14. The molecule has 4 nitrogen and oxygen atoms in total. The number of carbonyl (C=O) groups is 1. The lowest BCUT2D eigenvalue weighted by atomic mass is 10.0. The molecular weight excluding hydrogens is 341 g/mol. The molecule has 0 aliphatic heterocycles. The fourth-order valence-corrected chi connectivity index (χ4v) is 2.85.